The van der Waals surface area contributed by atoms with Gasteiger partial charge in [0.1, 0.15) is 0 Å². The van der Waals surface area contributed by atoms with Crippen LogP contribution >= 0.6 is 0 Å². The minimum absolute atomic E-state index is 0.664. The first kappa shape index (κ1) is 11.6. The van der Waals surface area contributed by atoms with Gasteiger partial charge in [-0.05, 0) is 30.9 Å². The molecule has 1 aromatic heterocycles. The topological polar surface area (TPSA) is 43.8 Å². The van der Waals surface area contributed by atoms with E-state index < -0.39 is 0 Å². The molecule has 2 aromatic rings. The minimum atomic E-state index is 0.664. The zero-order valence-corrected chi connectivity index (χ0v) is 11.0. The fourth-order valence-electron chi connectivity index (χ4n) is 3.22. The van der Waals surface area contributed by atoms with Gasteiger partial charge in [-0.3, -0.25) is 0 Å². The number of nitrogen functional groups attached to an aromatic ring is 1. The largest absolute Gasteiger partial charge is 0.369 e. The number of hydrogen-bond acceptors (Lipinski definition) is 2. The van der Waals surface area contributed by atoms with Crippen molar-refractivity contribution in [3.63, 3.8) is 0 Å². The number of benzene rings is 1. The molecule has 3 nitrogen and oxygen atoms in total. The van der Waals surface area contributed by atoms with E-state index in [-0.39, 0.29) is 0 Å². The number of rotatable bonds is 3. The van der Waals surface area contributed by atoms with Gasteiger partial charge in [0.25, 0.3) is 0 Å². The van der Waals surface area contributed by atoms with Crippen LogP contribution in [0.4, 0.5) is 5.95 Å². The van der Waals surface area contributed by atoms with Crippen LogP contribution in [0.2, 0.25) is 0 Å². The van der Waals surface area contributed by atoms with E-state index in [4.69, 9.17) is 5.73 Å². The highest BCUT2D eigenvalue weighted by Gasteiger charge is 2.16. The molecule has 1 aliphatic rings. The molecule has 2 N–H and O–H groups in total. The van der Waals surface area contributed by atoms with E-state index >= 15 is 0 Å². The van der Waals surface area contributed by atoms with Crippen molar-refractivity contribution in [2.75, 3.05) is 5.73 Å². The Bertz CT molecular complexity index is 550. The normalized spacial score (nSPS) is 16.7. The summed E-state index contributed by atoms with van der Waals surface area (Å²) in [7, 11) is 0. The smallest absolute Gasteiger partial charge is 0.201 e. The molecule has 0 aliphatic heterocycles. The van der Waals surface area contributed by atoms with Crippen LogP contribution < -0.4 is 5.73 Å². The molecule has 3 heteroatoms. The molecule has 0 bridgehead atoms. The Kier molecular flexibility index (Phi) is 2.98. The molecule has 3 rings (SSSR count). The SMILES string of the molecule is Cc1cccc2nc(N)n(CCC3CCCC3)c12. The van der Waals surface area contributed by atoms with E-state index in [0.717, 1.165) is 18.0 Å². The monoisotopic (exact) mass is 243 g/mol. The van der Waals surface area contributed by atoms with Crippen molar-refractivity contribution < 1.29 is 0 Å². The van der Waals surface area contributed by atoms with Gasteiger partial charge in [0, 0.05) is 6.54 Å². The summed E-state index contributed by atoms with van der Waals surface area (Å²) in [6.45, 7) is 3.15. The molecule has 1 saturated carbocycles. The summed E-state index contributed by atoms with van der Waals surface area (Å²) in [6, 6.07) is 6.23. The second kappa shape index (κ2) is 4.63. The highest BCUT2D eigenvalue weighted by atomic mass is 15.1. The number of nitrogens with two attached hydrogens (primary N) is 1. The predicted molar refractivity (Wildman–Crippen MR) is 75.5 cm³/mol. The average molecular weight is 243 g/mol. The van der Waals surface area contributed by atoms with Crippen molar-refractivity contribution in [1.82, 2.24) is 9.55 Å². The molecule has 18 heavy (non-hydrogen) atoms. The molecule has 1 aromatic carbocycles. The molecule has 1 fully saturated rings. The first-order chi connectivity index (χ1) is 8.75. The third-order valence-electron chi connectivity index (χ3n) is 4.23. The third kappa shape index (κ3) is 1.98. The van der Waals surface area contributed by atoms with Crippen LogP contribution in [-0.4, -0.2) is 9.55 Å². The van der Waals surface area contributed by atoms with Gasteiger partial charge in [-0.15, -0.1) is 0 Å². The Labute approximate surface area is 108 Å². The summed E-state index contributed by atoms with van der Waals surface area (Å²) in [5, 5.41) is 0. The number of nitrogens with zero attached hydrogens (tertiary/aromatic N) is 2. The van der Waals surface area contributed by atoms with E-state index in [0.29, 0.717) is 5.95 Å². The lowest BCUT2D eigenvalue weighted by molar-refractivity contribution is 0.464. The van der Waals surface area contributed by atoms with Crippen LogP contribution in [0.5, 0.6) is 0 Å². The maximum Gasteiger partial charge on any atom is 0.201 e. The second-order valence-electron chi connectivity index (χ2n) is 5.50. The molecule has 0 saturated heterocycles. The van der Waals surface area contributed by atoms with Gasteiger partial charge in [-0.25, -0.2) is 4.98 Å². The van der Waals surface area contributed by atoms with Gasteiger partial charge in [0.05, 0.1) is 11.0 Å². The Morgan fingerprint density at radius 3 is 2.89 bits per heavy atom. The van der Waals surface area contributed by atoms with Crippen LogP contribution in [-0.2, 0) is 6.54 Å². The Balaban J connectivity index is 1.88. The Morgan fingerprint density at radius 2 is 2.11 bits per heavy atom. The number of aromatic nitrogens is 2. The van der Waals surface area contributed by atoms with Crippen LogP contribution in [0.1, 0.15) is 37.7 Å². The van der Waals surface area contributed by atoms with Crippen molar-refractivity contribution in [1.29, 1.82) is 0 Å². The van der Waals surface area contributed by atoms with Crippen LogP contribution in [0.3, 0.4) is 0 Å². The first-order valence-electron chi connectivity index (χ1n) is 6.97. The van der Waals surface area contributed by atoms with Crippen LogP contribution in [0, 0.1) is 12.8 Å². The van der Waals surface area contributed by atoms with E-state index in [1.165, 1.54) is 43.2 Å². The molecule has 0 atom stereocenters. The fourth-order valence-corrected chi connectivity index (χ4v) is 3.22. The predicted octanol–water partition coefficient (Wildman–Crippen LogP) is 3.51. The number of para-hydroxylation sites is 1. The highest BCUT2D eigenvalue weighted by molar-refractivity contribution is 5.81. The number of imidazole rings is 1. The summed E-state index contributed by atoms with van der Waals surface area (Å²) in [5.41, 5.74) is 9.57. The summed E-state index contributed by atoms with van der Waals surface area (Å²) in [4.78, 5) is 4.46. The molecule has 0 radical (unpaired) electrons. The lowest BCUT2D eigenvalue weighted by Gasteiger charge is -2.12. The Morgan fingerprint density at radius 1 is 1.33 bits per heavy atom. The summed E-state index contributed by atoms with van der Waals surface area (Å²) < 4.78 is 2.20. The van der Waals surface area contributed by atoms with Crippen LogP contribution in [0.15, 0.2) is 18.2 Å². The molecule has 0 spiro atoms. The molecule has 96 valence electrons. The maximum absolute atomic E-state index is 6.06. The van der Waals surface area contributed by atoms with E-state index in [1.54, 1.807) is 0 Å². The van der Waals surface area contributed by atoms with E-state index in [9.17, 15) is 0 Å². The summed E-state index contributed by atoms with van der Waals surface area (Å²) in [6.07, 6.45) is 6.84. The quantitative estimate of drug-likeness (QED) is 0.896. The number of anilines is 1. The summed E-state index contributed by atoms with van der Waals surface area (Å²) >= 11 is 0. The van der Waals surface area contributed by atoms with Gasteiger partial charge in [-0.2, -0.15) is 0 Å². The molecule has 1 heterocycles. The lowest BCUT2D eigenvalue weighted by Crippen LogP contribution is -2.07. The zero-order valence-electron chi connectivity index (χ0n) is 11.0. The molecule has 0 amide bonds. The molecular formula is C15H21N3. The number of hydrogen-bond donors (Lipinski definition) is 1. The van der Waals surface area contributed by atoms with Crippen molar-refractivity contribution in [3.8, 4) is 0 Å². The van der Waals surface area contributed by atoms with Crippen LogP contribution in [0.25, 0.3) is 11.0 Å². The minimum Gasteiger partial charge on any atom is -0.369 e. The van der Waals surface area contributed by atoms with Gasteiger partial charge in [0.15, 0.2) is 0 Å². The third-order valence-corrected chi connectivity index (χ3v) is 4.23. The van der Waals surface area contributed by atoms with Gasteiger partial charge in [0.2, 0.25) is 5.95 Å². The van der Waals surface area contributed by atoms with Gasteiger partial charge < -0.3 is 10.3 Å². The average Bonchev–Trinajstić information content (AvgIpc) is 2.94. The van der Waals surface area contributed by atoms with Crippen molar-refractivity contribution in [2.24, 2.45) is 5.92 Å². The van der Waals surface area contributed by atoms with Gasteiger partial charge >= 0.3 is 0 Å². The number of fused-ring (bicyclic) bond motifs is 1. The molecule has 1 aliphatic carbocycles. The van der Waals surface area contributed by atoms with Crippen molar-refractivity contribution in [3.05, 3.63) is 23.8 Å². The lowest BCUT2D eigenvalue weighted by atomic mass is 10.0. The zero-order chi connectivity index (χ0) is 12.5. The van der Waals surface area contributed by atoms with Gasteiger partial charge in [-0.1, -0.05) is 37.8 Å². The first-order valence-corrected chi connectivity index (χ1v) is 6.97. The van der Waals surface area contributed by atoms with Crippen molar-refractivity contribution >= 4 is 17.0 Å². The Hall–Kier alpha value is -1.51. The standard InChI is InChI=1S/C15H21N3/c1-11-5-4-8-13-14(11)18(15(16)17-13)10-9-12-6-2-3-7-12/h4-5,8,12H,2-3,6-7,9-10H2,1H3,(H2,16,17). The molecule has 0 unspecified atom stereocenters. The maximum atomic E-state index is 6.06. The van der Waals surface area contributed by atoms with E-state index in [1.807, 2.05) is 12.1 Å². The molecular weight excluding hydrogens is 222 g/mol. The number of aryl methyl sites for hydroxylation is 2. The summed E-state index contributed by atoms with van der Waals surface area (Å²) in [5.74, 6) is 1.56. The van der Waals surface area contributed by atoms with Crippen molar-refractivity contribution in [2.45, 2.75) is 45.6 Å². The second-order valence-corrected chi connectivity index (χ2v) is 5.50. The highest BCUT2D eigenvalue weighted by Crippen LogP contribution is 2.29. The van der Waals surface area contributed by atoms with E-state index in [2.05, 4.69) is 22.5 Å². The fraction of sp³-hybridized carbons (Fsp3) is 0.533.